The third-order valence-electron chi connectivity index (χ3n) is 11.3. The van der Waals surface area contributed by atoms with Crippen molar-refractivity contribution >= 4 is 67.3 Å². The average molecular weight is 925 g/mol. The zero-order chi connectivity index (χ0) is 44.3. The number of rotatable bonds is 10. The van der Waals surface area contributed by atoms with Crippen LogP contribution in [0, 0.1) is 6.92 Å². The fraction of sp³-hybridized carbons (Fsp3) is 0.304. The number of aromatic nitrogens is 10. The van der Waals surface area contributed by atoms with Gasteiger partial charge in [-0.2, -0.15) is 24.7 Å². The molecule has 17 nitrogen and oxygen atoms in total. The molecule has 5 N–H and O–H groups in total. The highest BCUT2D eigenvalue weighted by Crippen LogP contribution is 2.31. The molecular weight excluding hydrogens is 875 g/mol. The average Bonchev–Trinajstić information content (AvgIpc) is 4.01. The molecule has 64 heavy (non-hydrogen) atoms. The molecule has 0 saturated carbocycles. The third-order valence-corrected chi connectivity index (χ3v) is 11.9. The maximum Gasteiger partial charge on any atom is 0.250 e. The lowest BCUT2D eigenvalue weighted by Crippen LogP contribution is -2.54. The molecule has 2 fully saturated rings. The van der Waals surface area contributed by atoms with Crippen molar-refractivity contribution in [1.29, 1.82) is 0 Å². The maximum absolute atomic E-state index is 13.2. The van der Waals surface area contributed by atoms with Gasteiger partial charge >= 0.3 is 0 Å². The standard InChI is InChI=1S/C29H37BrN10O.C17H13N5O/c1-18-8-9-24-23(12-18)34-25(39(24)15-19(2)27(41)37-10-6-5-7-11-37)14-31-28-36-29(35-26-22(30)13-32-40(26)28)38-16-20(3)33-21(4)17-38;18-16-14-15(21-22-17(14)20-10-19-16)11-6-8-13(9-7-11)23-12-4-2-1-3-5-12/h8-9,12-13,20-21,33H,2,5-7,10-11,14-17H2,1,3-4H3,(H,31,35,36);1-10H,(H3,18,19,20,21,22). The largest absolute Gasteiger partial charge is 0.457 e. The van der Waals surface area contributed by atoms with Crippen LogP contribution in [0.4, 0.5) is 17.7 Å². The molecule has 10 rings (SSSR count). The number of nitrogens with two attached hydrogens (primary N) is 1. The number of aryl methyl sites for hydroxylation is 1. The van der Waals surface area contributed by atoms with Crippen molar-refractivity contribution in [2.45, 2.75) is 65.2 Å². The third kappa shape index (κ3) is 9.10. The predicted molar refractivity (Wildman–Crippen MR) is 252 cm³/mol. The number of piperidine rings is 1. The molecule has 2 atom stereocenters. The molecule has 2 aliphatic heterocycles. The summed E-state index contributed by atoms with van der Waals surface area (Å²) in [6.45, 7) is 14.6. The molecule has 0 aliphatic carbocycles. The molecule has 7 heterocycles. The van der Waals surface area contributed by atoms with Gasteiger partial charge in [-0.1, -0.05) is 30.8 Å². The minimum atomic E-state index is 0.0283. The Morgan fingerprint density at radius 2 is 1.70 bits per heavy atom. The summed E-state index contributed by atoms with van der Waals surface area (Å²) >= 11 is 3.60. The van der Waals surface area contributed by atoms with E-state index in [4.69, 9.17) is 25.4 Å². The lowest BCUT2D eigenvalue weighted by atomic mass is 10.1. The van der Waals surface area contributed by atoms with Crippen LogP contribution in [0.1, 0.15) is 44.5 Å². The minimum absolute atomic E-state index is 0.0283. The SMILES string of the molecule is C=C(Cn1c(CNc2nc(N3CC(C)NC(C)C3)nc3c(Br)cnn23)nc2cc(C)ccc21)C(=O)N1CCCCC1.Nc1ncnc2n[nH]c(-c3ccc(Oc4ccccc4)cc3)c12. The number of nitrogen functional groups attached to an aromatic ring is 1. The van der Waals surface area contributed by atoms with Gasteiger partial charge < -0.3 is 35.5 Å². The van der Waals surface area contributed by atoms with E-state index in [1.54, 1.807) is 10.7 Å². The van der Waals surface area contributed by atoms with E-state index < -0.39 is 0 Å². The van der Waals surface area contributed by atoms with Crippen LogP contribution in [0.2, 0.25) is 0 Å². The van der Waals surface area contributed by atoms with Crippen LogP contribution in [0.3, 0.4) is 0 Å². The molecular formula is C46H50BrN15O2. The summed E-state index contributed by atoms with van der Waals surface area (Å²) in [5, 5.41) is 19.4. The van der Waals surface area contributed by atoms with Crippen molar-refractivity contribution < 1.29 is 9.53 Å². The number of ether oxygens (including phenoxy) is 1. The number of amides is 1. The van der Waals surface area contributed by atoms with E-state index in [2.05, 4.69) is 107 Å². The van der Waals surface area contributed by atoms with Crippen LogP contribution in [0.25, 0.3) is 39.0 Å². The highest BCUT2D eigenvalue weighted by atomic mass is 79.9. The number of nitrogens with one attached hydrogen (secondary N) is 3. The van der Waals surface area contributed by atoms with Gasteiger partial charge in [-0.3, -0.25) is 9.89 Å². The van der Waals surface area contributed by atoms with Gasteiger partial charge in [0.15, 0.2) is 11.3 Å². The Bertz CT molecular complexity index is 2930. The molecule has 2 saturated heterocycles. The first-order valence-electron chi connectivity index (χ1n) is 21.4. The summed E-state index contributed by atoms with van der Waals surface area (Å²) in [6, 6.07) is 24.2. The van der Waals surface area contributed by atoms with E-state index in [-0.39, 0.29) is 5.91 Å². The number of likely N-dealkylation sites (tertiary alicyclic amines) is 1. The van der Waals surface area contributed by atoms with Gasteiger partial charge in [0.05, 0.1) is 45.9 Å². The number of aromatic amines is 1. The molecule has 8 aromatic rings. The molecule has 1 amide bonds. The molecule has 18 heteroatoms. The van der Waals surface area contributed by atoms with Gasteiger partial charge in [-0.25, -0.2) is 15.0 Å². The number of fused-ring (bicyclic) bond motifs is 3. The van der Waals surface area contributed by atoms with Crippen molar-refractivity contribution in [3.05, 3.63) is 113 Å². The number of halogens is 1. The molecule has 0 radical (unpaired) electrons. The summed E-state index contributed by atoms with van der Waals surface area (Å²) in [4.78, 5) is 40.2. The Kier molecular flexibility index (Phi) is 12.2. The van der Waals surface area contributed by atoms with Gasteiger partial charge in [-0.05, 0) is 110 Å². The number of carbonyl (C=O) groups is 1. The Labute approximate surface area is 378 Å². The summed E-state index contributed by atoms with van der Waals surface area (Å²) in [5.41, 5.74) is 12.5. The lowest BCUT2D eigenvalue weighted by molar-refractivity contribution is -0.128. The Balaban J connectivity index is 0.000000190. The van der Waals surface area contributed by atoms with Crippen LogP contribution in [0.5, 0.6) is 11.5 Å². The first kappa shape index (κ1) is 42.4. The number of carbonyl (C=O) groups excluding carboxylic acids is 1. The quantitative estimate of drug-likeness (QED) is 0.0998. The second-order valence-corrected chi connectivity index (χ2v) is 17.2. The number of benzene rings is 3. The second kappa shape index (κ2) is 18.4. The van der Waals surface area contributed by atoms with Gasteiger partial charge in [0.2, 0.25) is 11.9 Å². The van der Waals surface area contributed by atoms with Crippen LogP contribution < -0.4 is 26.0 Å². The normalized spacial score (nSPS) is 16.5. The number of hydrogen-bond acceptors (Lipinski definition) is 13. The molecule has 3 aromatic carbocycles. The number of imidazole rings is 1. The van der Waals surface area contributed by atoms with Gasteiger partial charge in [-0.15, -0.1) is 0 Å². The van der Waals surface area contributed by atoms with Crippen molar-refractivity contribution in [3.8, 4) is 22.8 Å². The van der Waals surface area contributed by atoms with Crippen molar-refractivity contribution in [2.75, 3.05) is 42.1 Å². The number of nitrogens with zero attached hydrogens (tertiary/aromatic N) is 11. The van der Waals surface area contributed by atoms with Crippen LogP contribution in [-0.2, 0) is 17.9 Å². The summed E-state index contributed by atoms with van der Waals surface area (Å²) in [5.74, 6) is 4.02. The number of hydrogen-bond donors (Lipinski definition) is 4. The molecule has 0 bridgehead atoms. The van der Waals surface area contributed by atoms with Crippen LogP contribution in [0.15, 0.2) is 102 Å². The van der Waals surface area contributed by atoms with Crippen molar-refractivity contribution in [3.63, 3.8) is 0 Å². The Morgan fingerprint density at radius 3 is 2.47 bits per heavy atom. The first-order chi connectivity index (χ1) is 31.1. The number of piperazine rings is 1. The monoisotopic (exact) mass is 923 g/mol. The lowest BCUT2D eigenvalue weighted by Gasteiger charge is -2.36. The molecule has 328 valence electrons. The Morgan fingerprint density at radius 1 is 0.953 bits per heavy atom. The molecule has 0 spiro atoms. The second-order valence-electron chi connectivity index (χ2n) is 16.4. The van der Waals surface area contributed by atoms with E-state index in [0.29, 0.717) is 59.8 Å². The van der Waals surface area contributed by atoms with E-state index in [0.717, 1.165) is 94.1 Å². The number of para-hydroxylation sites is 1. The summed E-state index contributed by atoms with van der Waals surface area (Å²) in [7, 11) is 0. The zero-order valence-electron chi connectivity index (χ0n) is 36.0. The number of H-pyrrole nitrogens is 1. The topological polar surface area (TPSA) is 198 Å². The summed E-state index contributed by atoms with van der Waals surface area (Å²) in [6.07, 6.45) is 6.41. The summed E-state index contributed by atoms with van der Waals surface area (Å²) < 4.78 is 10.4. The first-order valence-corrected chi connectivity index (χ1v) is 22.2. The van der Waals surface area contributed by atoms with Crippen molar-refractivity contribution in [1.82, 2.24) is 59.5 Å². The predicted octanol–water partition coefficient (Wildman–Crippen LogP) is 7.31. The molecule has 2 aliphatic rings. The fourth-order valence-electron chi connectivity index (χ4n) is 8.33. The fourth-order valence-corrected chi connectivity index (χ4v) is 8.67. The molecule has 2 unspecified atom stereocenters. The van der Waals surface area contributed by atoms with Crippen LogP contribution >= 0.6 is 15.9 Å². The highest BCUT2D eigenvalue weighted by molar-refractivity contribution is 9.10. The van der Waals surface area contributed by atoms with Gasteiger partial charge in [0, 0.05) is 49.4 Å². The van der Waals surface area contributed by atoms with Crippen LogP contribution in [-0.4, -0.2) is 98.4 Å². The van der Waals surface area contributed by atoms with E-state index in [9.17, 15) is 4.79 Å². The number of anilines is 3. The van der Waals surface area contributed by atoms with E-state index in [1.165, 1.54) is 12.7 Å². The maximum atomic E-state index is 13.2. The van der Waals surface area contributed by atoms with E-state index in [1.807, 2.05) is 59.5 Å². The molecule has 5 aromatic heterocycles. The zero-order valence-corrected chi connectivity index (χ0v) is 37.6. The van der Waals surface area contributed by atoms with E-state index >= 15 is 0 Å². The van der Waals surface area contributed by atoms with Gasteiger partial charge in [0.25, 0.3) is 5.91 Å². The minimum Gasteiger partial charge on any atom is -0.457 e. The highest BCUT2D eigenvalue weighted by Gasteiger charge is 2.26. The smallest absolute Gasteiger partial charge is 0.250 e. The van der Waals surface area contributed by atoms with Crippen molar-refractivity contribution in [2.24, 2.45) is 0 Å². The van der Waals surface area contributed by atoms with Gasteiger partial charge in [0.1, 0.15) is 29.5 Å². The Hall–Kier alpha value is -6.92.